The van der Waals surface area contributed by atoms with E-state index in [0.717, 1.165) is 12.8 Å². The lowest BCUT2D eigenvalue weighted by Crippen LogP contribution is -2.47. The van der Waals surface area contributed by atoms with Crippen molar-refractivity contribution in [2.45, 2.75) is 77.6 Å². The van der Waals surface area contributed by atoms with Crippen molar-refractivity contribution in [1.82, 2.24) is 19.9 Å². The van der Waals surface area contributed by atoms with Gasteiger partial charge in [0.15, 0.2) is 0 Å². The summed E-state index contributed by atoms with van der Waals surface area (Å²) in [5, 5.41) is 17.3. The third-order valence-corrected chi connectivity index (χ3v) is 4.09. The van der Waals surface area contributed by atoms with Gasteiger partial charge in [0.25, 0.3) is 0 Å². The predicted molar refractivity (Wildman–Crippen MR) is 79.5 cm³/mol. The van der Waals surface area contributed by atoms with Gasteiger partial charge in [-0.3, -0.25) is 4.79 Å². The molecule has 6 heteroatoms. The summed E-state index contributed by atoms with van der Waals surface area (Å²) in [6, 6.07) is 0.548. The van der Waals surface area contributed by atoms with Crippen molar-refractivity contribution in [1.29, 1.82) is 0 Å². The highest BCUT2D eigenvalue weighted by Gasteiger charge is 2.27. The topological polar surface area (TPSA) is 71.2 Å². The van der Waals surface area contributed by atoms with E-state index in [2.05, 4.69) is 24.2 Å². The molecular formula is C15H26N4O2. The fraction of sp³-hybridized carbons (Fsp3) is 0.800. The summed E-state index contributed by atoms with van der Waals surface area (Å²) in [4.78, 5) is 14.6. The molecule has 2 rings (SSSR count). The number of rotatable bonds is 5. The number of hydrogen-bond donors (Lipinski definition) is 1. The van der Waals surface area contributed by atoms with Crippen LogP contribution in [0.4, 0.5) is 0 Å². The highest BCUT2D eigenvalue weighted by Crippen LogP contribution is 2.24. The van der Waals surface area contributed by atoms with Crippen LogP contribution in [-0.2, 0) is 11.3 Å². The quantitative estimate of drug-likeness (QED) is 0.900. The van der Waals surface area contributed by atoms with Crippen molar-refractivity contribution in [3.63, 3.8) is 0 Å². The third kappa shape index (κ3) is 4.03. The minimum absolute atomic E-state index is 0.0824. The van der Waals surface area contributed by atoms with E-state index in [1.807, 2.05) is 4.90 Å². The molecule has 1 aliphatic carbocycles. The SMILES string of the molecule is CC(O)c1cn(CC(=O)N(C(C)C)C2CCCCC2)nn1. The summed E-state index contributed by atoms with van der Waals surface area (Å²) in [6.07, 6.45) is 6.86. The van der Waals surface area contributed by atoms with E-state index in [4.69, 9.17) is 0 Å². The number of aliphatic hydroxyl groups is 1. The molecule has 1 unspecified atom stereocenters. The molecule has 0 aliphatic heterocycles. The van der Waals surface area contributed by atoms with Crippen LogP contribution in [0.2, 0.25) is 0 Å². The van der Waals surface area contributed by atoms with Gasteiger partial charge in [0.05, 0.1) is 12.3 Å². The van der Waals surface area contributed by atoms with E-state index >= 15 is 0 Å². The maximum atomic E-state index is 12.6. The summed E-state index contributed by atoms with van der Waals surface area (Å²) < 4.78 is 1.52. The summed E-state index contributed by atoms with van der Waals surface area (Å²) in [5.41, 5.74) is 0.497. The molecular weight excluding hydrogens is 268 g/mol. The zero-order valence-electron chi connectivity index (χ0n) is 13.2. The molecule has 1 heterocycles. The van der Waals surface area contributed by atoms with Crippen molar-refractivity contribution in [2.24, 2.45) is 0 Å². The van der Waals surface area contributed by atoms with Crippen LogP contribution in [0.15, 0.2) is 6.20 Å². The maximum absolute atomic E-state index is 12.6. The smallest absolute Gasteiger partial charge is 0.244 e. The Morgan fingerprint density at radius 3 is 2.57 bits per heavy atom. The van der Waals surface area contributed by atoms with Gasteiger partial charge >= 0.3 is 0 Å². The molecule has 0 aromatic carbocycles. The first-order chi connectivity index (χ1) is 9.99. The van der Waals surface area contributed by atoms with Crippen LogP contribution in [0.5, 0.6) is 0 Å². The lowest BCUT2D eigenvalue weighted by molar-refractivity contribution is -0.137. The van der Waals surface area contributed by atoms with Crippen molar-refractivity contribution in [3.8, 4) is 0 Å². The molecule has 21 heavy (non-hydrogen) atoms. The van der Waals surface area contributed by atoms with Gasteiger partial charge < -0.3 is 10.0 Å². The molecule has 0 bridgehead atoms. The predicted octanol–water partition coefficient (Wildman–Crippen LogP) is 1.90. The average Bonchev–Trinajstić information content (AvgIpc) is 2.88. The van der Waals surface area contributed by atoms with Gasteiger partial charge in [0, 0.05) is 12.1 Å². The van der Waals surface area contributed by atoms with Gasteiger partial charge in [-0.25, -0.2) is 4.68 Å². The molecule has 1 aromatic heterocycles. The van der Waals surface area contributed by atoms with Gasteiger partial charge in [-0.05, 0) is 33.6 Å². The molecule has 1 aromatic rings. The summed E-state index contributed by atoms with van der Waals surface area (Å²) in [7, 11) is 0. The number of nitrogens with zero attached hydrogens (tertiary/aromatic N) is 4. The van der Waals surface area contributed by atoms with Crippen molar-refractivity contribution in [3.05, 3.63) is 11.9 Å². The number of aromatic nitrogens is 3. The highest BCUT2D eigenvalue weighted by molar-refractivity contribution is 5.76. The number of amides is 1. The monoisotopic (exact) mass is 294 g/mol. The largest absolute Gasteiger partial charge is 0.387 e. The van der Waals surface area contributed by atoms with Gasteiger partial charge in [0.1, 0.15) is 12.2 Å². The fourth-order valence-corrected chi connectivity index (χ4v) is 3.07. The van der Waals surface area contributed by atoms with Crippen LogP contribution in [0.3, 0.4) is 0 Å². The molecule has 1 aliphatic rings. The summed E-state index contributed by atoms with van der Waals surface area (Å²) >= 11 is 0. The second-order valence-corrected chi connectivity index (χ2v) is 6.20. The number of hydrogen-bond acceptors (Lipinski definition) is 4. The normalized spacial score (nSPS) is 18.0. The van der Waals surface area contributed by atoms with Crippen LogP contribution >= 0.6 is 0 Å². The second kappa shape index (κ2) is 7.02. The summed E-state index contributed by atoms with van der Waals surface area (Å²) in [5.74, 6) is 0.0824. The molecule has 1 N–H and O–H groups in total. The van der Waals surface area contributed by atoms with Gasteiger partial charge in [-0.1, -0.05) is 24.5 Å². The fourth-order valence-electron chi connectivity index (χ4n) is 3.07. The Hall–Kier alpha value is -1.43. The minimum atomic E-state index is -0.659. The van der Waals surface area contributed by atoms with Crippen LogP contribution in [0.1, 0.15) is 64.7 Å². The second-order valence-electron chi connectivity index (χ2n) is 6.20. The first-order valence-corrected chi connectivity index (χ1v) is 7.88. The molecule has 0 spiro atoms. The molecule has 0 saturated heterocycles. The Bertz CT molecular complexity index is 464. The Kier molecular flexibility index (Phi) is 5.33. The van der Waals surface area contributed by atoms with E-state index in [9.17, 15) is 9.90 Å². The van der Waals surface area contributed by atoms with Crippen molar-refractivity contribution >= 4 is 5.91 Å². The maximum Gasteiger partial charge on any atom is 0.244 e. The van der Waals surface area contributed by atoms with E-state index in [1.165, 1.54) is 23.9 Å². The zero-order valence-corrected chi connectivity index (χ0v) is 13.2. The van der Waals surface area contributed by atoms with Gasteiger partial charge in [-0.2, -0.15) is 0 Å². The van der Waals surface area contributed by atoms with Crippen LogP contribution < -0.4 is 0 Å². The molecule has 1 atom stereocenters. The van der Waals surface area contributed by atoms with Gasteiger partial charge in [-0.15, -0.1) is 5.10 Å². The number of carbonyl (C=O) groups is 1. The van der Waals surface area contributed by atoms with E-state index < -0.39 is 6.10 Å². The first kappa shape index (κ1) is 15.9. The number of carbonyl (C=O) groups excluding carboxylic acids is 1. The lowest BCUT2D eigenvalue weighted by Gasteiger charge is -2.37. The summed E-state index contributed by atoms with van der Waals surface area (Å²) in [6.45, 7) is 5.96. The first-order valence-electron chi connectivity index (χ1n) is 7.88. The van der Waals surface area contributed by atoms with E-state index in [1.54, 1.807) is 13.1 Å². The standard InChI is InChI=1S/C15H26N4O2/c1-11(2)19(13-7-5-4-6-8-13)15(21)10-18-9-14(12(3)20)16-17-18/h9,11-13,20H,4-8,10H2,1-3H3. The molecule has 118 valence electrons. The van der Waals surface area contributed by atoms with Crippen molar-refractivity contribution in [2.75, 3.05) is 0 Å². The number of aliphatic hydroxyl groups excluding tert-OH is 1. The molecule has 0 radical (unpaired) electrons. The third-order valence-electron chi connectivity index (χ3n) is 4.09. The van der Waals surface area contributed by atoms with Crippen LogP contribution in [0, 0.1) is 0 Å². The highest BCUT2D eigenvalue weighted by atomic mass is 16.3. The minimum Gasteiger partial charge on any atom is -0.387 e. The Morgan fingerprint density at radius 1 is 1.38 bits per heavy atom. The lowest BCUT2D eigenvalue weighted by atomic mass is 9.93. The van der Waals surface area contributed by atoms with Gasteiger partial charge in [0.2, 0.25) is 5.91 Å². The average molecular weight is 294 g/mol. The zero-order chi connectivity index (χ0) is 15.4. The molecule has 1 fully saturated rings. The van der Waals surface area contributed by atoms with Crippen molar-refractivity contribution < 1.29 is 9.90 Å². The van der Waals surface area contributed by atoms with E-state index in [-0.39, 0.29) is 18.5 Å². The molecule has 1 saturated carbocycles. The van der Waals surface area contributed by atoms with Crippen LogP contribution in [-0.4, -0.2) is 43.0 Å². The molecule has 1 amide bonds. The molecule has 6 nitrogen and oxygen atoms in total. The van der Waals surface area contributed by atoms with Crippen LogP contribution in [0.25, 0.3) is 0 Å². The Morgan fingerprint density at radius 2 is 2.05 bits per heavy atom. The van der Waals surface area contributed by atoms with E-state index in [0.29, 0.717) is 11.7 Å². The Balaban J connectivity index is 2.03. The Labute approximate surface area is 126 Å².